The maximum absolute atomic E-state index is 12.5. The van der Waals surface area contributed by atoms with Crippen LogP contribution >= 0.6 is 0 Å². The first-order chi connectivity index (χ1) is 28.5. The van der Waals surface area contributed by atoms with Crippen LogP contribution in [0, 0.1) is 0 Å². The largest absolute Gasteiger partial charge is 0.504 e. The lowest BCUT2D eigenvalue weighted by Gasteiger charge is -2.45. The van der Waals surface area contributed by atoms with Gasteiger partial charge in [0, 0.05) is 18.1 Å². The Labute approximate surface area is 342 Å². The zero-order valence-electron chi connectivity index (χ0n) is 31.7. The average Bonchev–Trinajstić information content (AvgIpc) is 3.52. The van der Waals surface area contributed by atoms with E-state index in [-0.39, 0.29) is 29.7 Å². The van der Waals surface area contributed by atoms with Crippen molar-refractivity contribution in [3.05, 3.63) is 41.1 Å². The molecule has 4 aliphatic heterocycles. The Morgan fingerprint density at radius 1 is 0.852 bits per heavy atom. The molecule has 2 saturated heterocycles. The molecule has 334 valence electrons. The molecule has 13 N–H and O–H groups in total. The van der Waals surface area contributed by atoms with Crippen LogP contribution in [-0.4, -0.2) is 194 Å². The molecular weight excluding hydrogens is 828 g/mol. The topological polar surface area (TPSA) is 406 Å². The molecule has 0 spiro atoms. The molecule has 0 amide bonds. The molecule has 4 heterocycles. The minimum absolute atomic E-state index is 0.0858. The van der Waals surface area contributed by atoms with Gasteiger partial charge in [-0.05, 0) is 24.6 Å². The molecular formula is C36H43N2O23+. The number of aliphatic hydroxyl groups is 6. The Morgan fingerprint density at radius 3 is 2.15 bits per heavy atom. The van der Waals surface area contributed by atoms with Gasteiger partial charge >= 0.3 is 35.8 Å². The zero-order chi connectivity index (χ0) is 45.2. The fourth-order valence-electron chi connectivity index (χ4n) is 6.94. The van der Waals surface area contributed by atoms with Crippen molar-refractivity contribution >= 4 is 47.7 Å². The van der Waals surface area contributed by atoms with Crippen molar-refractivity contribution < 1.29 is 118 Å². The number of carboxylic acid groups (broad SMARTS) is 5. The lowest BCUT2D eigenvalue weighted by atomic mass is 9.97. The van der Waals surface area contributed by atoms with Gasteiger partial charge in [0.2, 0.25) is 12.0 Å². The number of hydrogen-bond acceptors (Lipinski definition) is 19. The van der Waals surface area contributed by atoms with Crippen LogP contribution in [0.4, 0.5) is 5.69 Å². The van der Waals surface area contributed by atoms with Crippen LogP contribution in [0.1, 0.15) is 31.7 Å². The van der Waals surface area contributed by atoms with E-state index in [9.17, 15) is 84.9 Å². The van der Waals surface area contributed by atoms with E-state index in [1.807, 2.05) is 0 Å². The molecule has 2 fully saturated rings. The number of carbonyl (C=O) groups excluding carboxylic acids is 1. The predicted molar refractivity (Wildman–Crippen MR) is 191 cm³/mol. The summed E-state index contributed by atoms with van der Waals surface area (Å²) in [6.07, 6.45) is -19.3. The van der Waals surface area contributed by atoms with Crippen LogP contribution < -0.4 is 10.1 Å². The molecule has 1 unspecified atom stereocenters. The number of ether oxygens (including phenoxy) is 5. The van der Waals surface area contributed by atoms with Crippen LogP contribution in [0.15, 0.2) is 35.6 Å². The van der Waals surface area contributed by atoms with Crippen molar-refractivity contribution in [2.45, 2.75) is 112 Å². The van der Waals surface area contributed by atoms with Crippen LogP contribution in [0.3, 0.4) is 0 Å². The summed E-state index contributed by atoms with van der Waals surface area (Å²) in [5.41, 5.74) is -2.00. The Hall–Kier alpha value is -5.77. The highest BCUT2D eigenvalue weighted by molar-refractivity contribution is 5.89. The van der Waals surface area contributed by atoms with Crippen molar-refractivity contribution in [3.8, 4) is 11.5 Å². The van der Waals surface area contributed by atoms with Gasteiger partial charge in [0.15, 0.2) is 36.2 Å². The van der Waals surface area contributed by atoms with Crippen LogP contribution in [0.2, 0.25) is 0 Å². The Kier molecular flexibility index (Phi) is 14.0. The van der Waals surface area contributed by atoms with Crippen molar-refractivity contribution in [1.82, 2.24) is 5.32 Å². The normalized spacial score (nSPS) is 33.4. The third-order valence-corrected chi connectivity index (χ3v) is 10.0. The van der Waals surface area contributed by atoms with E-state index in [0.29, 0.717) is 0 Å². The second kappa shape index (κ2) is 18.5. The highest BCUT2D eigenvalue weighted by Gasteiger charge is 2.53. The number of phenolic OH excluding ortho intramolecular Hbond substituents is 1. The number of allylic oxidation sites excluding steroid dienone is 2. The number of esters is 1. The summed E-state index contributed by atoms with van der Waals surface area (Å²) < 4.78 is 28.6. The lowest BCUT2D eigenvalue weighted by Crippen LogP contribution is -2.65. The highest BCUT2D eigenvalue weighted by Crippen LogP contribution is 2.41. The molecule has 0 radical (unpaired) electrons. The molecule has 4 aliphatic rings. The standard InChI is InChI=1S/C36H42N2O23/c1-36(56,9-21(40)41)10-22(42)57-11-20-23(43)25(45)29(61-34-27(47)24(44)26(46)28(60-34)33(54)55)35(59-20)58-19-7-13-6-17(32(52)53)38(16(13)8-18(19)39)3-2-12-4-14(30(48)49)37-15(5-12)31(50)51/h2-4,7-8,15,17,20,23-29,34-35,43-47,56H,5-6,9-11H2,1H3,(H6,39,40,41,48,49,50,51,52,53,54,55)/p+1/t15-,17+,20-,23-,24+,25+,26+,27-,28+,29-,34+,35-,36?/m1/s1. The third-order valence-electron chi connectivity index (χ3n) is 10.0. The van der Waals surface area contributed by atoms with Gasteiger partial charge in [-0.25, -0.2) is 19.2 Å². The molecule has 25 nitrogen and oxygen atoms in total. The maximum atomic E-state index is 12.5. The second-order valence-electron chi connectivity index (χ2n) is 14.8. The van der Waals surface area contributed by atoms with Gasteiger partial charge in [-0.15, -0.1) is 0 Å². The molecule has 61 heavy (non-hydrogen) atoms. The number of rotatable bonds is 15. The summed E-state index contributed by atoms with van der Waals surface area (Å²) >= 11 is 0. The number of phenols is 1. The van der Waals surface area contributed by atoms with E-state index < -0.39 is 152 Å². The number of nitrogens with one attached hydrogen (secondary N) is 1. The van der Waals surface area contributed by atoms with E-state index in [0.717, 1.165) is 25.1 Å². The SMILES string of the molecule is CC(O)(CC(=O)O)CC(=O)OC[C@H]1O[C@@H](Oc2cc3c(cc2O)[N+](=C/C=C2/C=C(C(=O)O)N[C@@H](C(=O)O)C2)[C@H](C(=O)O)C3)[C@H](O[C@@H]2O[C@H](C(=O)O)[C@@H](O)[C@H](O)[C@H]2O)[C@@H](O)[C@@H]1O. The van der Waals surface area contributed by atoms with Gasteiger partial charge in [-0.1, -0.05) is 0 Å². The first-order valence-corrected chi connectivity index (χ1v) is 18.2. The average molecular weight is 872 g/mol. The summed E-state index contributed by atoms with van der Waals surface area (Å²) in [7, 11) is 0. The maximum Gasteiger partial charge on any atom is 0.373 e. The number of carbonyl (C=O) groups is 6. The molecule has 5 rings (SSSR count). The fourth-order valence-corrected chi connectivity index (χ4v) is 6.94. The Balaban J connectivity index is 1.46. The Bertz CT molecular complexity index is 2010. The molecule has 0 aliphatic carbocycles. The molecule has 25 heteroatoms. The second-order valence-corrected chi connectivity index (χ2v) is 14.8. The van der Waals surface area contributed by atoms with E-state index in [2.05, 4.69) is 5.32 Å². The van der Waals surface area contributed by atoms with Gasteiger partial charge in [0.1, 0.15) is 55.0 Å². The third kappa shape index (κ3) is 10.6. The fraction of sp³-hybridized carbons (Fsp3) is 0.528. The first kappa shape index (κ1) is 46.3. The van der Waals surface area contributed by atoms with Gasteiger partial charge in [-0.3, -0.25) is 9.59 Å². The molecule has 1 aromatic carbocycles. The number of fused-ring (bicyclic) bond motifs is 1. The number of aromatic hydroxyl groups is 1. The summed E-state index contributed by atoms with van der Waals surface area (Å²) in [6, 6.07) is -0.451. The van der Waals surface area contributed by atoms with Crippen molar-refractivity contribution in [1.29, 1.82) is 0 Å². The summed E-state index contributed by atoms with van der Waals surface area (Å²) in [5.74, 6) is -9.76. The minimum atomic E-state index is -2.18. The zero-order valence-corrected chi connectivity index (χ0v) is 31.7. The van der Waals surface area contributed by atoms with Crippen molar-refractivity contribution in [2.24, 2.45) is 0 Å². The summed E-state index contributed by atoms with van der Waals surface area (Å²) in [6.45, 7) is 0.163. The summed E-state index contributed by atoms with van der Waals surface area (Å²) in [4.78, 5) is 70.9. The smallest absolute Gasteiger partial charge is 0.373 e. The molecule has 13 atom stereocenters. The monoisotopic (exact) mass is 871 g/mol. The number of carboxylic acids is 5. The van der Waals surface area contributed by atoms with E-state index in [1.165, 1.54) is 16.9 Å². The van der Waals surface area contributed by atoms with E-state index in [4.69, 9.17) is 28.8 Å². The van der Waals surface area contributed by atoms with Gasteiger partial charge < -0.3 is 90.3 Å². The van der Waals surface area contributed by atoms with E-state index >= 15 is 0 Å². The van der Waals surface area contributed by atoms with Gasteiger partial charge in [0.05, 0.1) is 30.9 Å². The van der Waals surface area contributed by atoms with E-state index in [1.54, 1.807) is 0 Å². The van der Waals surface area contributed by atoms with Crippen LogP contribution in [-0.2, 0) is 54.1 Å². The predicted octanol–water partition coefficient (Wildman–Crippen LogP) is -4.28. The number of aliphatic hydroxyl groups excluding tert-OH is 5. The molecule has 0 saturated carbocycles. The van der Waals surface area contributed by atoms with Crippen molar-refractivity contribution in [3.63, 3.8) is 0 Å². The lowest BCUT2D eigenvalue weighted by molar-refractivity contribution is -0.456. The molecule has 1 aromatic rings. The number of hydrogen-bond donors (Lipinski definition) is 13. The summed E-state index contributed by atoms with van der Waals surface area (Å²) in [5, 5.41) is 125. The van der Waals surface area contributed by atoms with Crippen LogP contribution in [0.5, 0.6) is 11.5 Å². The highest BCUT2D eigenvalue weighted by atomic mass is 16.8. The van der Waals surface area contributed by atoms with Crippen molar-refractivity contribution in [2.75, 3.05) is 6.61 Å². The number of aliphatic carboxylic acids is 5. The number of benzene rings is 1. The quantitative estimate of drug-likeness (QED) is 0.0586. The Morgan fingerprint density at radius 2 is 1.54 bits per heavy atom. The first-order valence-electron chi connectivity index (χ1n) is 18.2. The van der Waals surface area contributed by atoms with Crippen LogP contribution in [0.25, 0.3) is 0 Å². The van der Waals surface area contributed by atoms with Gasteiger partial charge in [0.25, 0.3) is 6.04 Å². The molecule has 0 bridgehead atoms. The molecule has 0 aromatic heterocycles. The van der Waals surface area contributed by atoms with Gasteiger partial charge in [-0.2, -0.15) is 4.58 Å². The minimum Gasteiger partial charge on any atom is -0.504 e. The number of nitrogens with zero attached hydrogens (tertiary/aromatic N) is 1.